The van der Waals surface area contributed by atoms with Gasteiger partial charge in [0, 0.05) is 6.20 Å². The number of amides is 1. The van der Waals surface area contributed by atoms with Crippen molar-refractivity contribution in [2.75, 3.05) is 5.32 Å². The van der Waals surface area contributed by atoms with Gasteiger partial charge in [0.05, 0.1) is 5.56 Å². The van der Waals surface area contributed by atoms with Crippen LogP contribution in [0.15, 0.2) is 36.5 Å². The van der Waals surface area contributed by atoms with Crippen molar-refractivity contribution in [1.29, 1.82) is 0 Å². The fourth-order valence-electron chi connectivity index (χ4n) is 1.86. The van der Waals surface area contributed by atoms with Crippen molar-refractivity contribution >= 4 is 11.6 Å². The number of halogens is 6. The number of alkyl halides is 5. The Morgan fingerprint density at radius 2 is 1.88 bits per heavy atom. The molecule has 0 aliphatic heterocycles. The zero-order valence-electron chi connectivity index (χ0n) is 11.6. The number of ether oxygens (including phenoxy) is 1. The van der Waals surface area contributed by atoms with Crippen molar-refractivity contribution < 1.29 is 35.9 Å². The predicted octanol–water partition coefficient (Wildman–Crippen LogP) is 4.09. The first-order valence-corrected chi connectivity index (χ1v) is 6.27. The van der Waals surface area contributed by atoms with E-state index in [9.17, 15) is 31.1 Å². The van der Waals surface area contributed by atoms with Crippen molar-refractivity contribution in [2.24, 2.45) is 0 Å². The summed E-state index contributed by atoms with van der Waals surface area (Å²) in [7, 11) is 0. The molecule has 1 N–H and O–H groups in total. The van der Waals surface area contributed by atoms with Gasteiger partial charge in [0.25, 0.3) is 5.91 Å². The Morgan fingerprint density at radius 1 is 1.17 bits per heavy atom. The molecule has 1 heterocycles. The zero-order chi connectivity index (χ0) is 17.9. The fraction of sp³-hybridized carbons (Fsp3) is 0.143. The number of carbonyl (C=O) groups excluding carboxylic acids is 1. The van der Waals surface area contributed by atoms with E-state index in [1.165, 1.54) is 6.07 Å². The van der Waals surface area contributed by atoms with Crippen LogP contribution in [0.4, 0.5) is 32.0 Å². The van der Waals surface area contributed by atoms with Gasteiger partial charge in [-0.1, -0.05) is 6.07 Å². The summed E-state index contributed by atoms with van der Waals surface area (Å²) in [5.74, 6) is -3.68. The number of aromatic nitrogens is 1. The number of nitrogens with one attached hydrogen (secondary N) is 1. The molecule has 10 heteroatoms. The molecule has 0 fully saturated rings. The Morgan fingerprint density at radius 3 is 2.50 bits per heavy atom. The molecular formula is C14H8F6N2O2. The van der Waals surface area contributed by atoms with Crippen LogP contribution in [0.25, 0.3) is 0 Å². The van der Waals surface area contributed by atoms with Crippen molar-refractivity contribution in [3.8, 4) is 5.88 Å². The third-order valence-corrected chi connectivity index (χ3v) is 2.76. The van der Waals surface area contributed by atoms with Gasteiger partial charge in [0.15, 0.2) is 0 Å². The maximum atomic E-state index is 13.5. The normalized spacial score (nSPS) is 11.5. The Bertz CT molecular complexity index is 748. The monoisotopic (exact) mass is 350 g/mol. The second-order valence-corrected chi connectivity index (χ2v) is 4.35. The summed E-state index contributed by atoms with van der Waals surface area (Å²) < 4.78 is 80.7. The van der Waals surface area contributed by atoms with Crippen LogP contribution in [0.3, 0.4) is 0 Å². The Labute approximate surface area is 131 Å². The highest BCUT2D eigenvalue weighted by Crippen LogP contribution is 2.34. The van der Waals surface area contributed by atoms with Crippen LogP contribution in [0.1, 0.15) is 15.9 Å². The molecule has 0 unspecified atom stereocenters. The van der Waals surface area contributed by atoms with E-state index in [1.807, 2.05) is 5.32 Å². The van der Waals surface area contributed by atoms with Crippen LogP contribution in [-0.4, -0.2) is 17.5 Å². The summed E-state index contributed by atoms with van der Waals surface area (Å²) in [5.41, 5.74) is -3.16. The number of rotatable bonds is 4. The summed E-state index contributed by atoms with van der Waals surface area (Å²) in [6.07, 6.45) is -4.04. The minimum absolute atomic E-state index is 0.389. The van der Waals surface area contributed by atoms with Crippen LogP contribution in [0.5, 0.6) is 5.88 Å². The highest BCUT2D eigenvalue weighted by atomic mass is 19.4. The Balaban J connectivity index is 2.37. The van der Waals surface area contributed by atoms with Gasteiger partial charge < -0.3 is 10.1 Å². The molecule has 1 amide bonds. The minimum Gasteiger partial charge on any atom is -0.415 e. The van der Waals surface area contributed by atoms with Crippen molar-refractivity contribution in [3.63, 3.8) is 0 Å². The largest absolute Gasteiger partial charge is 0.420 e. The molecule has 0 atom stereocenters. The van der Waals surface area contributed by atoms with Crippen LogP contribution in [0, 0.1) is 5.82 Å². The third-order valence-electron chi connectivity index (χ3n) is 2.76. The summed E-state index contributed by atoms with van der Waals surface area (Å²) in [5, 5.41) is 1.95. The quantitative estimate of drug-likeness (QED) is 0.845. The maximum absolute atomic E-state index is 13.5. The van der Waals surface area contributed by atoms with Crippen LogP contribution < -0.4 is 10.1 Å². The van der Waals surface area contributed by atoms with E-state index < -0.39 is 41.5 Å². The molecule has 2 rings (SSSR count). The van der Waals surface area contributed by atoms with E-state index in [2.05, 4.69) is 9.72 Å². The molecule has 0 saturated carbocycles. The second-order valence-electron chi connectivity index (χ2n) is 4.35. The summed E-state index contributed by atoms with van der Waals surface area (Å²) in [6.45, 7) is -3.25. The topological polar surface area (TPSA) is 51.2 Å². The lowest BCUT2D eigenvalue weighted by Crippen LogP contribution is -2.21. The third kappa shape index (κ3) is 3.94. The molecule has 1 aromatic carbocycles. The molecule has 2 aromatic rings. The fourth-order valence-corrected chi connectivity index (χ4v) is 1.86. The van der Waals surface area contributed by atoms with Crippen LogP contribution in [-0.2, 0) is 6.18 Å². The van der Waals surface area contributed by atoms with E-state index in [0.717, 1.165) is 24.4 Å². The van der Waals surface area contributed by atoms with Crippen molar-refractivity contribution in [3.05, 3.63) is 53.5 Å². The molecule has 128 valence electrons. The average Bonchev–Trinajstić information content (AvgIpc) is 2.47. The minimum atomic E-state index is -5.12. The highest BCUT2D eigenvalue weighted by molar-refractivity contribution is 6.06. The SMILES string of the molecule is O=C(Nc1cccnc1OC(F)F)c1cccc(F)c1C(F)(F)F. The zero-order valence-corrected chi connectivity index (χ0v) is 11.6. The second kappa shape index (κ2) is 6.77. The number of pyridine rings is 1. The van der Waals surface area contributed by atoms with Gasteiger partial charge in [0.1, 0.15) is 17.1 Å². The number of anilines is 1. The first-order valence-electron chi connectivity index (χ1n) is 6.27. The first kappa shape index (κ1) is 17.6. The first-order chi connectivity index (χ1) is 11.2. The molecular weight excluding hydrogens is 342 g/mol. The average molecular weight is 350 g/mol. The summed E-state index contributed by atoms with van der Waals surface area (Å²) >= 11 is 0. The Kier molecular flexibility index (Phi) is 4.96. The van der Waals surface area contributed by atoms with Gasteiger partial charge in [-0.25, -0.2) is 9.37 Å². The molecule has 0 radical (unpaired) electrons. The summed E-state index contributed by atoms with van der Waals surface area (Å²) in [4.78, 5) is 15.5. The van der Waals surface area contributed by atoms with Gasteiger partial charge >= 0.3 is 12.8 Å². The molecule has 0 aliphatic rings. The number of hydrogen-bond donors (Lipinski definition) is 1. The van der Waals surface area contributed by atoms with Gasteiger partial charge in [-0.15, -0.1) is 0 Å². The van der Waals surface area contributed by atoms with E-state index in [1.54, 1.807) is 0 Å². The van der Waals surface area contributed by atoms with Crippen molar-refractivity contribution in [1.82, 2.24) is 4.98 Å². The van der Waals surface area contributed by atoms with Crippen LogP contribution in [0.2, 0.25) is 0 Å². The number of benzene rings is 1. The maximum Gasteiger partial charge on any atom is 0.420 e. The lowest BCUT2D eigenvalue weighted by molar-refractivity contribution is -0.140. The molecule has 0 spiro atoms. The van der Waals surface area contributed by atoms with Gasteiger partial charge in [-0.3, -0.25) is 4.79 Å². The van der Waals surface area contributed by atoms with Gasteiger partial charge in [0.2, 0.25) is 5.88 Å². The molecule has 0 saturated heterocycles. The number of nitrogens with zero attached hydrogens (tertiary/aromatic N) is 1. The molecule has 1 aromatic heterocycles. The lowest BCUT2D eigenvalue weighted by atomic mass is 10.1. The lowest BCUT2D eigenvalue weighted by Gasteiger charge is -2.14. The number of hydrogen-bond acceptors (Lipinski definition) is 3. The van der Waals surface area contributed by atoms with E-state index in [0.29, 0.717) is 6.07 Å². The highest BCUT2D eigenvalue weighted by Gasteiger charge is 2.38. The number of carbonyl (C=O) groups is 1. The van der Waals surface area contributed by atoms with Crippen LogP contribution >= 0.6 is 0 Å². The smallest absolute Gasteiger partial charge is 0.415 e. The standard InChI is InChI=1S/C14H8F6N2O2/c15-8-4-1-3-7(10(8)14(18,19)20)11(23)22-9-5-2-6-21-12(9)24-13(16)17/h1-6,13H,(H,22,23). The molecule has 0 bridgehead atoms. The van der Waals surface area contributed by atoms with E-state index in [-0.39, 0.29) is 5.69 Å². The Hall–Kier alpha value is -2.78. The molecule has 0 aliphatic carbocycles. The summed E-state index contributed by atoms with van der Waals surface area (Å²) in [6, 6.07) is 4.55. The van der Waals surface area contributed by atoms with E-state index >= 15 is 0 Å². The van der Waals surface area contributed by atoms with Gasteiger partial charge in [-0.05, 0) is 24.3 Å². The van der Waals surface area contributed by atoms with E-state index in [4.69, 9.17) is 0 Å². The molecule has 4 nitrogen and oxygen atoms in total. The molecule has 24 heavy (non-hydrogen) atoms. The van der Waals surface area contributed by atoms with Crippen molar-refractivity contribution in [2.45, 2.75) is 12.8 Å². The predicted molar refractivity (Wildman–Crippen MR) is 70.2 cm³/mol. The van der Waals surface area contributed by atoms with Gasteiger partial charge in [-0.2, -0.15) is 22.0 Å².